The van der Waals surface area contributed by atoms with E-state index >= 15 is 0 Å². The molecule has 0 radical (unpaired) electrons. The number of carbonyl (C=O) groups is 1. The zero-order chi connectivity index (χ0) is 23.8. The molecule has 1 atom stereocenters. The number of amides is 1. The van der Waals surface area contributed by atoms with E-state index < -0.39 is 5.60 Å². The second-order valence-electron chi connectivity index (χ2n) is 9.56. The number of para-hydroxylation sites is 2. The average Bonchev–Trinajstić information content (AvgIpc) is 3.13. The molecule has 2 heterocycles. The predicted octanol–water partition coefficient (Wildman–Crippen LogP) is 6.23. The molecule has 6 nitrogen and oxygen atoms in total. The Kier molecular flexibility index (Phi) is 6.78. The van der Waals surface area contributed by atoms with Gasteiger partial charge in [0, 0.05) is 30.2 Å². The van der Waals surface area contributed by atoms with Gasteiger partial charge in [-0.2, -0.15) is 0 Å². The van der Waals surface area contributed by atoms with Gasteiger partial charge in [0.05, 0.1) is 23.6 Å². The van der Waals surface area contributed by atoms with E-state index in [0.29, 0.717) is 23.1 Å². The first kappa shape index (κ1) is 23.7. The molecular weight excluding hydrogens is 459 g/mol. The summed E-state index contributed by atoms with van der Waals surface area (Å²) in [5.74, 6) is 0.870. The fourth-order valence-corrected chi connectivity index (χ4v) is 4.60. The number of fused-ring (bicyclic) bond motifs is 1. The smallest absolute Gasteiger partial charge is 0.410 e. The number of likely N-dealkylation sites (N-methyl/N-ethyl adjacent to an activating group) is 1. The number of piperidine rings is 1. The second-order valence-corrected chi connectivity index (χ2v) is 10.4. The van der Waals surface area contributed by atoms with Gasteiger partial charge in [0.2, 0.25) is 5.95 Å². The SMILES string of the molecule is CN(C(=O)OC(C)(C)C)[C@H]1CCCN(c2nc3ccccc3n2Cc2cc(Cl)ccc2Cl)C1. The highest BCUT2D eigenvalue weighted by molar-refractivity contribution is 6.33. The summed E-state index contributed by atoms with van der Waals surface area (Å²) in [5.41, 5.74) is 2.37. The van der Waals surface area contributed by atoms with Crippen LogP contribution in [0.2, 0.25) is 10.0 Å². The van der Waals surface area contributed by atoms with E-state index in [4.69, 9.17) is 32.9 Å². The first-order chi connectivity index (χ1) is 15.6. The standard InChI is InChI=1S/C25H30Cl2N4O2/c1-25(2,3)33-24(32)29(4)19-8-7-13-30(16-19)23-28-21-9-5-6-10-22(21)31(23)15-17-14-18(26)11-12-20(17)27/h5-6,9-12,14,19H,7-8,13,15-16H2,1-4H3/t19-/m0/s1. The molecule has 0 N–H and O–H groups in total. The van der Waals surface area contributed by atoms with Crippen molar-refractivity contribution in [2.75, 3.05) is 25.0 Å². The van der Waals surface area contributed by atoms with Gasteiger partial charge in [-0.25, -0.2) is 9.78 Å². The Morgan fingerprint density at radius 3 is 2.73 bits per heavy atom. The third-order valence-electron chi connectivity index (χ3n) is 5.88. The summed E-state index contributed by atoms with van der Waals surface area (Å²) in [6.45, 7) is 7.76. The molecule has 4 rings (SSSR count). The van der Waals surface area contributed by atoms with Crippen LogP contribution in [-0.2, 0) is 11.3 Å². The lowest BCUT2D eigenvalue weighted by Gasteiger charge is -2.38. The maximum Gasteiger partial charge on any atom is 0.410 e. The molecule has 1 fully saturated rings. The molecule has 0 aliphatic carbocycles. The van der Waals surface area contributed by atoms with Crippen LogP contribution in [0.15, 0.2) is 42.5 Å². The number of aromatic nitrogens is 2. The lowest BCUT2D eigenvalue weighted by molar-refractivity contribution is 0.0209. The quantitative estimate of drug-likeness (QED) is 0.436. The van der Waals surface area contributed by atoms with Crippen LogP contribution in [0.4, 0.5) is 10.7 Å². The van der Waals surface area contributed by atoms with Crippen LogP contribution in [0, 0.1) is 0 Å². The molecule has 176 valence electrons. The van der Waals surface area contributed by atoms with Crippen molar-refractivity contribution in [2.24, 2.45) is 0 Å². The van der Waals surface area contributed by atoms with Crippen LogP contribution >= 0.6 is 23.2 Å². The number of anilines is 1. The van der Waals surface area contributed by atoms with Crippen molar-refractivity contribution >= 4 is 46.3 Å². The molecule has 3 aromatic rings. The third-order valence-corrected chi connectivity index (χ3v) is 6.48. The number of benzene rings is 2. The van der Waals surface area contributed by atoms with Crippen molar-refractivity contribution in [2.45, 2.75) is 51.8 Å². The largest absolute Gasteiger partial charge is 0.444 e. The Bertz CT molecular complexity index is 1160. The monoisotopic (exact) mass is 488 g/mol. The average molecular weight is 489 g/mol. The van der Waals surface area contributed by atoms with Gasteiger partial charge >= 0.3 is 6.09 Å². The first-order valence-electron chi connectivity index (χ1n) is 11.2. The second kappa shape index (κ2) is 9.43. The predicted molar refractivity (Wildman–Crippen MR) is 135 cm³/mol. The lowest BCUT2D eigenvalue weighted by atomic mass is 10.1. The molecule has 1 aliphatic rings. The van der Waals surface area contributed by atoms with Crippen molar-refractivity contribution in [3.05, 3.63) is 58.1 Å². The molecule has 8 heteroatoms. The van der Waals surface area contributed by atoms with E-state index in [1.165, 1.54) is 0 Å². The number of nitrogens with zero attached hydrogens (tertiary/aromatic N) is 4. The molecule has 1 saturated heterocycles. The summed E-state index contributed by atoms with van der Waals surface area (Å²) in [6.07, 6.45) is 1.58. The molecule has 1 amide bonds. The van der Waals surface area contributed by atoms with Gasteiger partial charge in [-0.3, -0.25) is 0 Å². The fraction of sp³-hybridized carbons (Fsp3) is 0.440. The molecular formula is C25H30Cl2N4O2. The van der Waals surface area contributed by atoms with Crippen molar-refractivity contribution in [3.63, 3.8) is 0 Å². The number of carbonyl (C=O) groups excluding carboxylic acids is 1. The summed E-state index contributed by atoms with van der Waals surface area (Å²) in [5, 5.41) is 1.32. The zero-order valence-electron chi connectivity index (χ0n) is 19.5. The molecule has 33 heavy (non-hydrogen) atoms. The van der Waals surface area contributed by atoms with Gasteiger partial charge in [-0.1, -0.05) is 35.3 Å². The Morgan fingerprint density at radius 1 is 1.21 bits per heavy atom. The minimum absolute atomic E-state index is 0.0385. The Morgan fingerprint density at radius 2 is 1.97 bits per heavy atom. The van der Waals surface area contributed by atoms with E-state index in [2.05, 4.69) is 15.5 Å². The van der Waals surface area contributed by atoms with Crippen LogP contribution in [-0.4, -0.2) is 52.3 Å². The zero-order valence-corrected chi connectivity index (χ0v) is 21.0. The van der Waals surface area contributed by atoms with Crippen molar-refractivity contribution < 1.29 is 9.53 Å². The summed E-state index contributed by atoms with van der Waals surface area (Å²) < 4.78 is 7.77. The van der Waals surface area contributed by atoms with Crippen molar-refractivity contribution in [1.82, 2.24) is 14.5 Å². The highest BCUT2D eigenvalue weighted by atomic mass is 35.5. The third kappa shape index (κ3) is 5.39. The maximum absolute atomic E-state index is 12.7. The number of ether oxygens (including phenoxy) is 1. The topological polar surface area (TPSA) is 50.6 Å². The number of rotatable bonds is 4. The van der Waals surface area contributed by atoms with Gasteiger partial charge < -0.3 is 19.1 Å². The van der Waals surface area contributed by atoms with Crippen LogP contribution in [0.3, 0.4) is 0 Å². The minimum atomic E-state index is -0.524. The molecule has 0 unspecified atom stereocenters. The van der Waals surface area contributed by atoms with Gasteiger partial charge in [0.15, 0.2) is 0 Å². The minimum Gasteiger partial charge on any atom is -0.444 e. The maximum atomic E-state index is 12.7. The van der Waals surface area contributed by atoms with Gasteiger partial charge in [0.1, 0.15) is 5.60 Å². The molecule has 1 aliphatic heterocycles. The van der Waals surface area contributed by atoms with Crippen molar-refractivity contribution in [1.29, 1.82) is 0 Å². The highest BCUT2D eigenvalue weighted by Gasteiger charge is 2.31. The normalized spacial score (nSPS) is 16.8. The molecule has 0 bridgehead atoms. The number of halogens is 2. The Hall–Kier alpha value is -2.44. The van der Waals surface area contributed by atoms with E-state index in [1.807, 2.05) is 58.2 Å². The van der Waals surface area contributed by atoms with Crippen LogP contribution in [0.5, 0.6) is 0 Å². The van der Waals surface area contributed by atoms with E-state index in [1.54, 1.807) is 11.0 Å². The fourth-order valence-electron chi connectivity index (χ4n) is 4.23. The summed E-state index contributed by atoms with van der Waals surface area (Å²) in [7, 11) is 1.82. The number of hydrogen-bond acceptors (Lipinski definition) is 4. The van der Waals surface area contributed by atoms with Gasteiger partial charge in [-0.15, -0.1) is 0 Å². The summed E-state index contributed by atoms with van der Waals surface area (Å²) in [6, 6.07) is 13.6. The highest BCUT2D eigenvalue weighted by Crippen LogP contribution is 2.30. The van der Waals surface area contributed by atoms with Crippen molar-refractivity contribution in [3.8, 4) is 0 Å². The van der Waals surface area contributed by atoms with E-state index in [9.17, 15) is 4.79 Å². The summed E-state index contributed by atoms with van der Waals surface area (Å²) >= 11 is 12.7. The van der Waals surface area contributed by atoms with Crippen LogP contribution in [0.1, 0.15) is 39.2 Å². The van der Waals surface area contributed by atoms with Gasteiger partial charge in [0.25, 0.3) is 0 Å². The van der Waals surface area contributed by atoms with Crippen LogP contribution < -0.4 is 4.90 Å². The van der Waals surface area contributed by atoms with Gasteiger partial charge in [-0.05, 0) is 69.5 Å². The number of hydrogen-bond donors (Lipinski definition) is 0. The lowest BCUT2D eigenvalue weighted by Crippen LogP contribution is -2.50. The molecule has 2 aromatic carbocycles. The van der Waals surface area contributed by atoms with E-state index in [0.717, 1.165) is 41.9 Å². The molecule has 0 saturated carbocycles. The Labute approximate surface area is 205 Å². The first-order valence-corrected chi connectivity index (χ1v) is 12.0. The molecule has 0 spiro atoms. The van der Waals surface area contributed by atoms with Crippen LogP contribution in [0.25, 0.3) is 11.0 Å². The Balaban J connectivity index is 1.64. The number of imidazole rings is 1. The van der Waals surface area contributed by atoms with E-state index in [-0.39, 0.29) is 12.1 Å². The molecule has 1 aromatic heterocycles. The summed E-state index contributed by atoms with van der Waals surface area (Å²) in [4.78, 5) is 21.6.